The van der Waals surface area contributed by atoms with Gasteiger partial charge < -0.3 is 4.57 Å². The summed E-state index contributed by atoms with van der Waals surface area (Å²) in [5.74, 6) is 0. The Hall–Kier alpha value is -10.3. The number of nitrogens with zero attached hydrogens (tertiary/aromatic N) is 1. The summed E-state index contributed by atoms with van der Waals surface area (Å²) in [5, 5.41) is 17.6. The van der Waals surface area contributed by atoms with Gasteiger partial charge in [-0.15, -0.1) is 0 Å². The summed E-state index contributed by atoms with van der Waals surface area (Å²) in [6, 6.07) is 112. The van der Waals surface area contributed by atoms with Crippen LogP contribution in [-0.4, -0.2) is 4.57 Å². The van der Waals surface area contributed by atoms with Crippen LogP contribution in [0, 0.1) is 0 Å². The zero-order valence-corrected chi connectivity index (χ0v) is 43.7. The van der Waals surface area contributed by atoms with E-state index in [-0.39, 0.29) is 0 Å². The summed E-state index contributed by atoms with van der Waals surface area (Å²) in [4.78, 5) is 0. The van der Waals surface area contributed by atoms with Crippen molar-refractivity contribution >= 4 is 86.4 Å². The van der Waals surface area contributed by atoms with E-state index in [1.165, 1.54) is 153 Å². The van der Waals surface area contributed by atoms with E-state index in [1.54, 1.807) is 0 Å². The number of rotatable bonds is 6. The Labute approximate surface area is 463 Å². The van der Waals surface area contributed by atoms with Gasteiger partial charge in [-0.05, 0) is 192 Å². The number of fused-ring (bicyclic) bond motifs is 15. The summed E-state index contributed by atoms with van der Waals surface area (Å²) < 4.78 is 2.53. The second kappa shape index (κ2) is 17.3. The average Bonchev–Trinajstić information content (AvgIpc) is 4.24. The van der Waals surface area contributed by atoms with Crippen molar-refractivity contribution in [3.63, 3.8) is 0 Å². The molecule has 0 N–H and O–H groups in total. The SMILES string of the molecule is c1ccc(C2(c3ccccc3)c3cc(-c4cc5ccccc5c5ccccc45)ccc3-c3ccc(-n4c5ccc(-c6cc7ccccc7c7ccccc67)cc5c5cc(-c6cc7ccccc7c7ccccc67)ccc54)cc32)cc1. The first kappa shape index (κ1) is 44.8. The van der Waals surface area contributed by atoms with Crippen LogP contribution in [-0.2, 0) is 5.41 Å². The molecule has 0 radical (unpaired) electrons. The lowest BCUT2D eigenvalue weighted by atomic mass is 9.67. The van der Waals surface area contributed by atoms with E-state index >= 15 is 0 Å². The molecule has 370 valence electrons. The molecular formula is C79H49N. The molecule has 1 aliphatic carbocycles. The Morgan fingerprint density at radius 2 is 0.550 bits per heavy atom. The molecule has 80 heavy (non-hydrogen) atoms. The van der Waals surface area contributed by atoms with E-state index in [4.69, 9.17) is 0 Å². The molecule has 0 spiro atoms. The van der Waals surface area contributed by atoms with Crippen LogP contribution in [0.15, 0.2) is 297 Å². The number of aromatic nitrogens is 1. The van der Waals surface area contributed by atoms with Gasteiger partial charge in [-0.1, -0.05) is 237 Å². The van der Waals surface area contributed by atoms with Crippen molar-refractivity contribution in [3.05, 3.63) is 320 Å². The highest BCUT2D eigenvalue weighted by Gasteiger charge is 2.46. The lowest BCUT2D eigenvalue weighted by Crippen LogP contribution is -2.28. The van der Waals surface area contributed by atoms with Crippen LogP contribution >= 0.6 is 0 Å². The van der Waals surface area contributed by atoms with E-state index in [1.807, 2.05) is 0 Å². The Balaban J connectivity index is 0.930. The molecule has 1 aromatic heterocycles. The van der Waals surface area contributed by atoms with Gasteiger partial charge in [0, 0.05) is 16.5 Å². The molecule has 0 amide bonds. The highest BCUT2D eigenvalue weighted by molar-refractivity contribution is 6.19. The van der Waals surface area contributed by atoms with Gasteiger partial charge in [-0.2, -0.15) is 0 Å². The molecule has 1 heterocycles. The second-order valence-electron chi connectivity index (χ2n) is 21.8. The molecule has 1 nitrogen and oxygen atoms in total. The first-order valence-corrected chi connectivity index (χ1v) is 27.9. The van der Waals surface area contributed by atoms with Crippen LogP contribution in [0.1, 0.15) is 22.3 Å². The van der Waals surface area contributed by atoms with E-state index < -0.39 is 5.41 Å². The van der Waals surface area contributed by atoms with E-state index in [0.717, 1.165) is 5.69 Å². The number of benzene rings is 15. The maximum Gasteiger partial charge on any atom is 0.0714 e. The van der Waals surface area contributed by atoms with Gasteiger partial charge in [-0.25, -0.2) is 0 Å². The van der Waals surface area contributed by atoms with Crippen molar-refractivity contribution in [1.29, 1.82) is 0 Å². The standard InChI is InChI=1S/C79H49N/c1-3-22-56(23-4-1)79(57-24-5-2-6-25-57)75-48-55(72-45-52-21-9-12-28-61(52)64-31-15-18-34-67(64)72)35-39-68(75)69-40-38-58(49-76(69)79)80-77-41-36-53(70-43-50-19-7-10-26-59(50)62-29-13-16-32-65(62)70)46-73(77)74-47-54(37-42-78(74)80)71-44-51-20-8-11-27-60(51)63-30-14-17-33-66(63)71/h1-49H. The fourth-order valence-electron chi connectivity index (χ4n) is 14.3. The highest BCUT2D eigenvalue weighted by atomic mass is 15.0. The average molecular weight is 1010 g/mol. The predicted octanol–water partition coefficient (Wildman–Crippen LogP) is 21.1. The molecule has 1 heteroatoms. The molecule has 17 rings (SSSR count). The van der Waals surface area contributed by atoms with Crippen molar-refractivity contribution < 1.29 is 0 Å². The van der Waals surface area contributed by atoms with Crippen LogP contribution in [0.2, 0.25) is 0 Å². The van der Waals surface area contributed by atoms with Gasteiger partial charge >= 0.3 is 0 Å². The Kier molecular flexibility index (Phi) is 9.70. The molecule has 0 unspecified atom stereocenters. The topological polar surface area (TPSA) is 4.93 Å². The van der Waals surface area contributed by atoms with Crippen molar-refractivity contribution in [2.45, 2.75) is 5.41 Å². The zero-order valence-electron chi connectivity index (χ0n) is 43.7. The van der Waals surface area contributed by atoms with Gasteiger partial charge in [0.25, 0.3) is 0 Å². The maximum atomic E-state index is 2.53. The third-order valence-corrected chi connectivity index (χ3v) is 17.8. The summed E-state index contributed by atoms with van der Waals surface area (Å²) in [5.41, 5.74) is 17.7. The van der Waals surface area contributed by atoms with E-state index in [0.29, 0.717) is 0 Å². The van der Waals surface area contributed by atoms with Crippen LogP contribution in [0.5, 0.6) is 0 Å². The molecular weight excluding hydrogens is 963 g/mol. The minimum absolute atomic E-state index is 0.640. The van der Waals surface area contributed by atoms with Gasteiger partial charge in [-0.3, -0.25) is 0 Å². The van der Waals surface area contributed by atoms with Gasteiger partial charge in [0.2, 0.25) is 0 Å². The van der Waals surface area contributed by atoms with Gasteiger partial charge in [0.05, 0.1) is 16.4 Å². The minimum atomic E-state index is -0.640. The van der Waals surface area contributed by atoms with Crippen LogP contribution in [0.25, 0.3) is 137 Å². The van der Waals surface area contributed by atoms with Crippen molar-refractivity contribution in [2.75, 3.05) is 0 Å². The molecule has 16 aromatic rings. The molecule has 0 saturated heterocycles. The Bertz CT molecular complexity index is 5020. The lowest BCUT2D eigenvalue weighted by Gasteiger charge is -2.34. The lowest BCUT2D eigenvalue weighted by molar-refractivity contribution is 0.768. The smallest absolute Gasteiger partial charge is 0.0714 e. The van der Waals surface area contributed by atoms with Gasteiger partial charge in [0.15, 0.2) is 0 Å². The fourth-order valence-corrected chi connectivity index (χ4v) is 14.3. The fraction of sp³-hybridized carbons (Fsp3) is 0.0127. The monoisotopic (exact) mass is 1010 g/mol. The van der Waals surface area contributed by atoms with Crippen LogP contribution < -0.4 is 0 Å². The number of hydrogen-bond acceptors (Lipinski definition) is 0. The van der Waals surface area contributed by atoms with Crippen molar-refractivity contribution in [3.8, 4) is 50.2 Å². The molecule has 1 aliphatic rings. The van der Waals surface area contributed by atoms with Crippen molar-refractivity contribution in [2.24, 2.45) is 0 Å². The Morgan fingerprint density at radius 3 is 0.988 bits per heavy atom. The highest BCUT2D eigenvalue weighted by Crippen LogP contribution is 2.58. The first-order chi connectivity index (χ1) is 39.7. The van der Waals surface area contributed by atoms with E-state index in [2.05, 4.69) is 302 Å². The third-order valence-electron chi connectivity index (χ3n) is 17.8. The van der Waals surface area contributed by atoms with E-state index in [9.17, 15) is 0 Å². The molecule has 0 saturated carbocycles. The van der Waals surface area contributed by atoms with Crippen molar-refractivity contribution in [1.82, 2.24) is 4.57 Å². The zero-order chi connectivity index (χ0) is 52.5. The normalized spacial score (nSPS) is 12.8. The quantitative estimate of drug-likeness (QED) is 0.146. The third kappa shape index (κ3) is 6.46. The summed E-state index contributed by atoms with van der Waals surface area (Å²) in [6.45, 7) is 0. The predicted molar refractivity (Wildman–Crippen MR) is 339 cm³/mol. The summed E-state index contributed by atoms with van der Waals surface area (Å²) in [6.07, 6.45) is 0. The summed E-state index contributed by atoms with van der Waals surface area (Å²) in [7, 11) is 0. The molecule has 15 aromatic carbocycles. The molecule has 0 atom stereocenters. The molecule has 0 bridgehead atoms. The van der Waals surface area contributed by atoms with Crippen LogP contribution in [0.3, 0.4) is 0 Å². The second-order valence-corrected chi connectivity index (χ2v) is 21.8. The molecule has 0 aliphatic heterocycles. The summed E-state index contributed by atoms with van der Waals surface area (Å²) >= 11 is 0. The van der Waals surface area contributed by atoms with Gasteiger partial charge in [0.1, 0.15) is 0 Å². The van der Waals surface area contributed by atoms with Crippen LogP contribution in [0.4, 0.5) is 0 Å². The molecule has 0 fully saturated rings. The maximum absolute atomic E-state index is 2.53. The Morgan fingerprint density at radius 1 is 0.212 bits per heavy atom. The largest absolute Gasteiger partial charge is 0.309 e. The first-order valence-electron chi connectivity index (χ1n) is 27.9. The number of hydrogen-bond donors (Lipinski definition) is 0. The minimum Gasteiger partial charge on any atom is -0.309 e.